The number of amides is 1. The third-order valence-electron chi connectivity index (χ3n) is 4.10. The van der Waals surface area contributed by atoms with Crippen LogP contribution in [0.1, 0.15) is 22.8 Å². The predicted molar refractivity (Wildman–Crippen MR) is 101 cm³/mol. The predicted octanol–water partition coefficient (Wildman–Crippen LogP) is 4.08. The number of methoxy groups -OCH3 is 1. The van der Waals surface area contributed by atoms with Crippen molar-refractivity contribution in [3.8, 4) is 22.4 Å². The second-order valence-corrected chi connectivity index (χ2v) is 6.37. The minimum atomic E-state index is -0.145. The molecule has 1 N–H and O–H groups in total. The number of nitrogens with zero attached hydrogens (tertiary/aromatic N) is 1. The second-order valence-electron chi connectivity index (χ2n) is 6.37. The molecular formula is C21H22N2O3. The molecule has 0 bridgehead atoms. The molecule has 0 aliphatic carbocycles. The Morgan fingerprint density at radius 2 is 1.88 bits per heavy atom. The van der Waals surface area contributed by atoms with E-state index < -0.39 is 0 Å². The number of ether oxygens (including phenoxy) is 1. The highest BCUT2D eigenvalue weighted by atomic mass is 16.5. The molecule has 134 valence electrons. The van der Waals surface area contributed by atoms with Gasteiger partial charge in [-0.2, -0.15) is 0 Å². The van der Waals surface area contributed by atoms with Crippen LogP contribution < -0.4 is 5.32 Å². The van der Waals surface area contributed by atoms with Crippen LogP contribution in [0.2, 0.25) is 0 Å². The van der Waals surface area contributed by atoms with E-state index in [1.54, 1.807) is 13.4 Å². The van der Waals surface area contributed by atoms with Gasteiger partial charge in [0, 0.05) is 24.3 Å². The van der Waals surface area contributed by atoms with Gasteiger partial charge >= 0.3 is 0 Å². The minimum absolute atomic E-state index is 0.0777. The quantitative estimate of drug-likeness (QED) is 0.727. The smallest absolute Gasteiger partial charge is 0.251 e. The summed E-state index contributed by atoms with van der Waals surface area (Å²) in [5.41, 5.74) is 5.28. The standard InChI is InChI=1S/C21H22N2O3/c1-14-4-6-16(7-5-14)17-8-18(20-12-26-13-22-20)10-19(9-17)21(24)23-15(2)11-25-3/h4-10,12-13,15H,11H2,1-3H3,(H,23,24). The van der Waals surface area contributed by atoms with Crippen LogP contribution in [0.15, 0.2) is 59.5 Å². The summed E-state index contributed by atoms with van der Waals surface area (Å²) in [4.78, 5) is 16.9. The van der Waals surface area contributed by atoms with Crippen molar-refractivity contribution in [1.29, 1.82) is 0 Å². The molecule has 5 heteroatoms. The number of hydrogen-bond acceptors (Lipinski definition) is 4. The molecule has 0 aliphatic heterocycles. The summed E-state index contributed by atoms with van der Waals surface area (Å²) in [7, 11) is 1.61. The van der Waals surface area contributed by atoms with E-state index in [1.807, 2.05) is 44.2 Å². The van der Waals surface area contributed by atoms with E-state index in [0.717, 1.165) is 16.7 Å². The Morgan fingerprint density at radius 1 is 1.15 bits per heavy atom. The van der Waals surface area contributed by atoms with Crippen molar-refractivity contribution in [2.45, 2.75) is 19.9 Å². The summed E-state index contributed by atoms with van der Waals surface area (Å²) >= 11 is 0. The third kappa shape index (κ3) is 4.18. The van der Waals surface area contributed by atoms with E-state index in [9.17, 15) is 4.79 Å². The van der Waals surface area contributed by atoms with E-state index in [4.69, 9.17) is 9.15 Å². The molecule has 1 amide bonds. The molecule has 26 heavy (non-hydrogen) atoms. The largest absolute Gasteiger partial charge is 0.451 e. The zero-order chi connectivity index (χ0) is 18.5. The molecular weight excluding hydrogens is 328 g/mol. The van der Waals surface area contributed by atoms with Crippen molar-refractivity contribution in [1.82, 2.24) is 10.3 Å². The Labute approximate surface area is 153 Å². The summed E-state index contributed by atoms with van der Waals surface area (Å²) in [6.45, 7) is 4.41. The SMILES string of the molecule is COCC(C)NC(=O)c1cc(-c2ccc(C)cc2)cc(-c2cocn2)c1. The summed E-state index contributed by atoms with van der Waals surface area (Å²) in [5.74, 6) is -0.145. The maximum Gasteiger partial charge on any atom is 0.251 e. The Kier molecular flexibility index (Phi) is 5.49. The molecule has 1 unspecified atom stereocenters. The third-order valence-corrected chi connectivity index (χ3v) is 4.10. The normalized spacial score (nSPS) is 12.0. The molecule has 0 spiro atoms. The Morgan fingerprint density at radius 3 is 2.54 bits per heavy atom. The molecule has 0 aliphatic rings. The summed E-state index contributed by atoms with van der Waals surface area (Å²) < 4.78 is 10.2. The number of rotatable bonds is 6. The Bertz CT molecular complexity index is 871. The molecule has 5 nitrogen and oxygen atoms in total. The van der Waals surface area contributed by atoms with Gasteiger partial charge in [-0.1, -0.05) is 29.8 Å². The lowest BCUT2D eigenvalue weighted by Crippen LogP contribution is -2.35. The maximum atomic E-state index is 12.7. The van der Waals surface area contributed by atoms with Crippen LogP contribution >= 0.6 is 0 Å². The lowest BCUT2D eigenvalue weighted by Gasteiger charge is -2.14. The number of oxazole rings is 1. The van der Waals surface area contributed by atoms with Crippen molar-refractivity contribution < 1.29 is 13.9 Å². The zero-order valence-corrected chi connectivity index (χ0v) is 15.2. The van der Waals surface area contributed by atoms with Gasteiger partial charge in [0.15, 0.2) is 6.39 Å². The first-order chi connectivity index (χ1) is 12.6. The van der Waals surface area contributed by atoms with Crippen LogP contribution in [0.25, 0.3) is 22.4 Å². The fourth-order valence-corrected chi connectivity index (χ4v) is 2.77. The van der Waals surface area contributed by atoms with Crippen LogP contribution in [-0.2, 0) is 4.74 Å². The molecule has 2 aromatic carbocycles. The molecule has 1 aromatic heterocycles. The average Bonchev–Trinajstić information content (AvgIpc) is 3.17. The molecule has 1 atom stereocenters. The van der Waals surface area contributed by atoms with Gasteiger partial charge in [0.05, 0.1) is 6.61 Å². The van der Waals surface area contributed by atoms with E-state index in [0.29, 0.717) is 17.9 Å². The molecule has 1 heterocycles. The van der Waals surface area contributed by atoms with Crippen LogP contribution in [0, 0.1) is 6.92 Å². The Balaban J connectivity index is 2.00. The summed E-state index contributed by atoms with van der Waals surface area (Å²) in [6.07, 6.45) is 2.96. The van der Waals surface area contributed by atoms with E-state index in [1.165, 1.54) is 12.0 Å². The highest BCUT2D eigenvalue weighted by Crippen LogP contribution is 2.28. The lowest BCUT2D eigenvalue weighted by atomic mass is 9.97. The average molecular weight is 350 g/mol. The first-order valence-corrected chi connectivity index (χ1v) is 8.47. The fourth-order valence-electron chi connectivity index (χ4n) is 2.77. The molecule has 3 rings (SSSR count). The van der Waals surface area contributed by atoms with E-state index >= 15 is 0 Å². The van der Waals surface area contributed by atoms with Gasteiger partial charge in [0.1, 0.15) is 12.0 Å². The number of aromatic nitrogens is 1. The Hall–Kier alpha value is -2.92. The molecule has 0 radical (unpaired) electrons. The van der Waals surface area contributed by atoms with Gasteiger partial charge in [-0.25, -0.2) is 4.98 Å². The zero-order valence-electron chi connectivity index (χ0n) is 15.2. The summed E-state index contributed by atoms with van der Waals surface area (Å²) in [5, 5.41) is 2.95. The molecule has 0 fully saturated rings. The number of carbonyl (C=O) groups excluding carboxylic acids is 1. The van der Waals surface area contributed by atoms with E-state index in [2.05, 4.69) is 22.4 Å². The fraction of sp³-hybridized carbons (Fsp3) is 0.238. The van der Waals surface area contributed by atoms with Crippen molar-refractivity contribution in [2.24, 2.45) is 0 Å². The van der Waals surface area contributed by atoms with Gasteiger partial charge < -0.3 is 14.5 Å². The highest BCUT2D eigenvalue weighted by molar-refractivity contribution is 5.97. The summed E-state index contributed by atoms with van der Waals surface area (Å²) in [6, 6.07) is 13.9. The van der Waals surface area contributed by atoms with Crippen LogP contribution in [-0.4, -0.2) is 30.6 Å². The van der Waals surface area contributed by atoms with Crippen LogP contribution in [0.4, 0.5) is 0 Å². The van der Waals surface area contributed by atoms with Crippen molar-refractivity contribution in [2.75, 3.05) is 13.7 Å². The molecule has 3 aromatic rings. The maximum absolute atomic E-state index is 12.7. The van der Waals surface area contributed by atoms with Crippen LogP contribution in [0.5, 0.6) is 0 Å². The monoisotopic (exact) mass is 350 g/mol. The van der Waals surface area contributed by atoms with Crippen LogP contribution in [0.3, 0.4) is 0 Å². The lowest BCUT2D eigenvalue weighted by molar-refractivity contribution is 0.0905. The van der Waals surface area contributed by atoms with E-state index in [-0.39, 0.29) is 11.9 Å². The van der Waals surface area contributed by atoms with Crippen molar-refractivity contribution in [3.05, 3.63) is 66.2 Å². The van der Waals surface area contributed by atoms with Gasteiger partial charge in [0.2, 0.25) is 0 Å². The van der Waals surface area contributed by atoms with Crippen molar-refractivity contribution >= 4 is 5.91 Å². The first-order valence-electron chi connectivity index (χ1n) is 8.47. The number of aryl methyl sites for hydroxylation is 1. The first kappa shape index (κ1) is 17.9. The highest BCUT2D eigenvalue weighted by Gasteiger charge is 2.14. The second kappa shape index (κ2) is 7.97. The number of benzene rings is 2. The van der Waals surface area contributed by atoms with Gasteiger partial charge in [0.25, 0.3) is 5.91 Å². The van der Waals surface area contributed by atoms with Crippen molar-refractivity contribution in [3.63, 3.8) is 0 Å². The molecule has 0 saturated heterocycles. The van der Waals surface area contributed by atoms with Gasteiger partial charge in [-0.3, -0.25) is 4.79 Å². The number of hydrogen-bond donors (Lipinski definition) is 1. The minimum Gasteiger partial charge on any atom is -0.451 e. The van der Waals surface area contributed by atoms with Gasteiger partial charge in [-0.05, 0) is 43.2 Å². The van der Waals surface area contributed by atoms with Gasteiger partial charge in [-0.15, -0.1) is 0 Å². The topological polar surface area (TPSA) is 64.4 Å². The number of nitrogens with one attached hydrogen (secondary N) is 1. The molecule has 0 saturated carbocycles. The number of carbonyl (C=O) groups is 1.